The van der Waals surface area contributed by atoms with Crippen molar-refractivity contribution in [2.24, 2.45) is 5.41 Å². The minimum atomic E-state index is 0.422. The van der Waals surface area contributed by atoms with E-state index < -0.39 is 0 Å². The van der Waals surface area contributed by atoms with E-state index in [2.05, 4.69) is 58.3 Å². The predicted molar refractivity (Wildman–Crippen MR) is 85.8 cm³/mol. The summed E-state index contributed by atoms with van der Waals surface area (Å²) < 4.78 is 0. The topological polar surface area (TPSA) is 12.0 Å². The van der Waals surface area contributed by atoms with Gasteiger partial charge in [0.15, 0.2) is 0 Å². The van der Waals surface area contributed by atoms with Crippen LogP contribution in [-0.4, -0.2) is 13.6 Å². The summed E-state index contributed by atoms with van der Waals surface area (Å²) in [5, 5.41) is 3.42. The second-order valence-corrected chi connectivity index (χ2v) is 6.16. The number of nitrogens with one attached hydrogen (secondary N) is 1. The summed E-state index contributed by atoms with van der Waals surface area (Å²) in [5.41, 5.74) is 4.70. The highest BCUT2D eigenvalue weighted by Gasteiger charge is 2.27. The lowest BCUT2D eigenvalue weighted by molar-refractivity contribution is 0.235. The lowest BCUT2D eigenvalue weighted by Gasteiger charge is -2.33. The van der Waals surface area contributed by atoms with Gasteiger partial charge in [-0.25, -0.2) is 0 Å². The van der Waals surface area contributed by atoms with Crippen molar-refractivity contribution in [2.45, 2.75) is 59.8 Å². The first-order valence-corrected chi connectivity index (χ1v) is 7.77. The maximum Gasteiger partial charge on any atom is 0.000789 e. The molecule has 0 heterocycles. The number of hydrogen-bond donors (Lipinski definition) is 1. The monoisotopic (exact) mass is 261 g/mol. The molecule has 1 N–H and O–H groups in total. The summed E-state index contributed by atoms with van der Waals surface area (Å²) in [5.74, 6) is 0. The Labute approximate surface area is 119 Å². The standard InChI is InChI=1S/C18H31N/c1-6-8-9-18(7-2,14-19-5)13-17-11-15(3)10-16(4)12-17/h10-12,19H,6-9,13-14H2,1-5H3. The molecule has 1 nitrogen and oxygen atoms in total. The lowest BCUT2D eigenvalue weighted by atomic mass is 9.75. The summed E-state index contributed by atoms with van der Waals surface area (Å²) >= 11 is 0. The predicted octanol–water partition coefficient (Wildman–Crippen LogP) is 4.65. The van der Waals surface area contributed by atoms with Gasteiger partial charge in [-0.15, -0.1) is 0 Å². The van der Waals surface area contributed by atoms with Crippen LogP contribution in [0.3, 0.4) is 0 Å². The van der Waals surface area contributed by atoms with E-state index in [1.807, 2.05) is 0 Å². The number of aryl methyl sites for hydroxylation is 2. The highest BCUT2D eigenvalue weighted by atomic mass is 14.8. The summed E-state index contributed by atoms with van der Waals surface area (Å²) in [7, 11) is 2.08. The average molecular weight is 261 g/mol. The average Bonchev–Trinajstić information content (AvgIpc) is 2.35. The zero-order chi connectivity index (χ0) is 14.3. The van der Waals surface area contributed by atoms with Gasteiger partial charge in [-0.2, -0.15) is 0 Å². The molecule has 1 aromatic rings. The number of benzene rings is 1. The molecule has 108 valence electrons. The fraction of sp³-hybridized carbons (Fsp3) is 0.667. The molecule has 0 fully saturated rings. The minimum absolute atomic E-state index is 0.422. The van der Waals surface area contributed by atoms with Crippen LogP contribution in [0.4, 0.5) is 0 Å². The van der Waals surface area contributed by atoms with Gasteiger partial charge in [0.2, 0.25) is 0 Å². The second-order valence-electron chi connectivity index (χ2n) is 6.16. The van der Waals surface area contributed by atoms with Gasteiger partial charge in [-0.05, 0) is 51.1 Å². The lowest BCUT2D eigenvalue weighted by Crippen LogP contribution is -2.34. The van der Waals surface area contributed by atoms with E-state index in [1.165, 1.54) is 48.8 Å². The van der Waals surface area contributed by atoms with Gasteiger partial charge in [0.25, 0.3) is 0 Å². The minimum Gasteiger partial charge on any atom is -0.319 e. The van der Waals surface area contributed by atoms with E-state index in [-0.39, 0.29) is 0 Å². The molecule has 0 saturated heterocycles. The van der Waals surface area contributed by atoms with Crippen LogP contribution < -0.4 is 5.32 Å². The molecular weight excluding hydrogens is 230 g/mol. The van der Waals surface area contributed by atoms with Crippen molar-refractivity contribution in [2.75, 3.05) is 13.6 Å². The van der Waals surface area contributed by atoms with E-state index in [4.69, 9.17) is 0 Å². The van der Waals surface area contributed by atoms with Crippen molar-refractivity contribution in [3.05, 3.63) is 34.9 Å². The fourth-order valence-electron chi connectivity index (χ4n) is 3.20. The second kappa shape index (κ2) is 7.69. The number of rotatable bonds is 8. The van der Waals surface area contributed by atoms with Crippen LogP contribution in [0.2, 0.25) is 0 Å². The van der Waals surface area contributed by atoms with Gasteiger partial charge >= 0.3 is 0 Å². The van der Waals surface area contributed by atoms with Crippen LogP contribution in [-0.2, 0) is 6.42 Å². The fourth-order valence-corrected chi connectivity index (χ4v) is 3.20. The molecule has 0 aliphatic heterocycles. The smallest absolute Gasteiger partial charge is 0.000789 e. The van der Waals surface area contributed by atoms with Crippen molar-refractivity contribution in [3.63, 3.8) is 0 Å². The van der Waals surface area contributed by atoms with Crippen molar-refractivity contribution in [1.29, 1.82) is 0 Å². The molecule has 0 aliphatic carbocycles. The van der Waals surface area contributed by atoms with Crippen molar-refractivity contribution in [3.8, 4) is 0 Å². The molecule has 19 heavy (non-hydrogen) atoms. The highest BCUT2D eigenvalue weighted by Crippen LogP contribution is 2.33. The SMILES string of the molecule is CCCCC(CC)(CNC)Cc1cc(C)cc(C)c1. The Morgan fingerprint density at radius 2 is 1.68 bits per heavy atom. The van der Waals surface area contributed by atoms with Crippen LogP contribution in [0.25, 0.3) is 0 Å². The molecule has 1 unspecified atom stereocenters. The quantitative estimate of drug-likeness (QED) is 0.718. The third-order valence-corrected chi connectivity index (χ3v) is 4.22. The summed E-state index contributed by atoms with van der Waals surface area (Å²) in [6.07, 6.45) is 6.40. The zero-order valence-electron chi connectivity index (χ0n) is 13.5. The van der Waals surface area contributed by atoms with E-state index >= 15 is 0 Å². The van der Waals surface area contributed by atoms with Crippen molar-refractivity contribution < 1.29 is 0 Å². The van der Waals surface area contributed by atoms with Crippen molar-refractivity contribution in [1.82, 2.24) is 5.32 Å². The summed E-state index contributed by atoms with van der Waals surface area (Å²) in [6, 6.07) is 6.99. The van der Waals surface area contributed by atoms with E-state index in [0.717, 1.165) is 6.54 Å². The van der Waals surface area contributed by atoms with Crippen LogP contribution in [0, 0.1) is 19.3 Å². The highest BCUT2D eigenvalue weighted by molar-refractivity contribution is 5.29. The summed E-state index contributed by atoms with van der Waals surface area (Å²) in [4.78, 5) is 0. The molecular formula is C18H31N. The molecule has 0 aromatic heterocycles. The molecule has 0 saturated carbocycles. The first-order chi connectivity index (χ1) is 9.05. The number of hydrogen-bond acceptors (Lipinski definition) is 1. The van der Waals surface area contributed by atoms with Gasteiger partial charge in [0.1, 0.15) is 0 Å². The zero-order valence-corrected chi connectivity index (χ0v) is 13.5. The third-order valence-electron chi connectivity index (χ3n) is 4.22. The van der Waals surface area contributed by atoms with Crippen LogP contribution in [0.15, 0.2) is 18.2 Å². The van der Waals surface area contributed by atoms with Crippen LogP contribution >= 0.6 is 0 Å². The summed E-state index contributed by atoms with van der Waals surface area (Å²) in [6.45, 7) is 10.2. The molecule has 0 radical (unpaired) electrons. The van der Waals surface area contributed by atoms with Gasteiger partial charge in [0, 0.05) is 6.54 Å². The Kier molecular flexibility index (Phi) is 6.57. The van der Waals surface area contributed by atoms with Gasteiger partial charge in [-0.3, -0.25) is 0 Å². The third kappa shape index (κ3) is 4.99. The van der Waals surface area contributed by atoms with Crippen LogP contribution in [0.5, 0.6) is 0 Å². The Hall–Kier alpha value is -0.820. The molecule has 0 spiro atoms. The maximum atomic E-state index is 3.42. The molecule has 1 atom stereocenters. The van der Waals surface area contributed by atoms with Crippen molar-refractivity contribution >= 4 is 0 Å². The molecule has 1 rings (SSSR count). The van der Waals surface area contributed by atoms with E-state index in [9.17, 15) is 0 Å². The first-order valence-electron chi connectivity index (χ1n) is 7.77. The van der Waals surface area contributed by atoms with Crippen LogP contribution in [0.1, 0.15) is 56.2 Å². The largest absolute Gasteiger partial charge is 0.319 e. The van der Waals surface area contributed by atoms with E-state index in [1.54, 1.807) is 0 Å². The molecule has 0 amide bonds. The molecule has 1 aromatic carbocycles. The molecule has 0 aliphatic rings. The Bertz CT molecular complexity index is 363. The molecule has 1 heteroatoms. The first kappa shape index (κ1) is 16.2. The normalized spacial score (nSPS) is 14.4. The van der Waals surface area contributed by atoms with Gasteiger partial charge < -0.3 is 5.32 Å². The number of unbranched alkanes of at least 4 members (excludes halogenated alkanes) is 1. The van der Waals surface area contributed by atoms with E-state index in [0.29, 0.717) is 5.41 Å². The Balaban J connectivity index is 2.91. The Morgan fingerprint density at radius 3 is 2.16 bits per heavy atom. The maximum absolute atomic E-state index is 3.42. The van der Waals surface area contributed by atoms with Gasteiger partial charge in [0.05, 0.1) is 0 Å². The molecule has 0 bridgehead atoms. The van der Waals surface area contributed by atoms with Gasteiger partial charge in [-0.1, -0.05) is 56.0 Å². The Morgan fingerprint density at radius 1 is 1.05 bits per heavy atom.